The summed E-state index contributed by atoms with van der Waals surface area (Å²) in [5.41, 5.74) is 15.8. The lowest BCUT2D eigenvalue weighted by atomic mass is 9.68. The van der Waals surface area contributed by atoms with E-state index >= 15 is 0 Å². The van der Waals surface area contributed by atoms with Crippen LogP contribution in [0.5, 0.6) is 0 Å². The monoisotopic (exact) mass is 598 g/mol. The second-order valence-electron chi connectivity index (χ2n) is 12.8. The van der Waals surface area contributed by atoms with Gasteiger partial charge < -0.3 is 0 Å². The Morgan fingerprint density at radius 1 is 0.391 bits per heavy atom. The van der Waals surface area contributed by atoms with Crippen LogP contribution in [-0.4, -0.2) is 0 Å². The van der Waals surface area contributed by atoms with Gasteiger partial charge in [0.15, 0.2) is 0 Å². The molecular weight excluding hydrogens is 573 g/mol. The van der Waals surface area contributed by atoms with Crippen LogP contribution in [-0.2, 0) is 5.41 Å². The largest absolute Gasteiger partial charge is 0.0888 e. The van der Waals surface area contributed by atoms with Crippen LogP contribution >= 0.6 is 11.8 Å². The van der Waals surface area contributed by atoms with E-state index in [0.29, 0.717) is 0 Å². The molecule has 3 aliphatic rings. The van der Waals surface area contributed by atoms with Crippen LogP contribution in [0.4, 0.5) is 0 Å². The summed E-state index contributed by atoms with van der Waals surface area (Å²) in [6, 6.07) is 59.5. The van der Waals surface area contributed by atoms with Gasteiger partial charge in [0.1, 0.15) is 0 Å². The van der Waals surface area contributed by atoms with Gasteiger partial charge in [-0.05, 0) is 101 Å². The topological polar surface area (TPSA) is 0 Å². The Bertz CT molecular complexity index is 2620. The van der Waals surface area contributed by atoms with Crippen LogP contribution in [0.25, 0.3) is 66.1 Å². The first-order chi connectivity index (χ1) is 22.8. The minimum atomic E-state index is -0.407. The van der Waals surface area contributed by atoms with E-state index in [-0.39, 0.29) is 0 Å². The fourth-order valence-corrected chi connectivity index (χ4v) is 10.1. The fourth-order valence-electron chi connectivity index (χ4n) is 8.94. The molecule has 2 aliphatic carbocycles. The molecule has 46 heavy (non-hydrogen) atoms. The maximum atomic E-state index is 2.46. The molecule has 0 N–H and O–H groups in total. The molecule has 0 fully saturated rings. The summed E-state index contributed by atoms with van der Waals surface area (Å²) in [7, 11) is 0. The lowest BCUT2D eigenvalue weighted by Crippen LogP contribution is -2.26. The van der Waals surface area contributed by atoms with Gasteiger partial charge in [0, 0.05) is 15.2 Å². The average molecular weight is 599 g/mol. The van der Waals surface area contributed by atoms with Crippen LogP contribution in [0.3, 0.4) is 0 Å². The smallest absolute Gasteiger partial charge is 0.0731 e. The molecule has 8 aromatic rings. The Hall–Kier alpha value is -5.37. The quantitative estimate of drug-likeness (QED) is 0.181. The highest BCUT2D eigenvalue weighted by molar-refractivity contribution is 7.99. The van der Waals surface area contributed by atoms with E-state index in [0.717, 1.165) is 0 Å². The molecule has 1 heterocycles. The summed E-state index contributed by atoms with van der Waals surface area (Å²) in [4.78, 5) is 2.67. The molecule has 1 atom stereocenters. The van der Waals surface area contributed by atoms with E-state index in [2.05, 4.69) is 158 Å². The van der Waals surface area contributed by atoms with Crippen LogP contribution in [0.15, 0.2) is 168 Å². The lowest BCUT2D eigenvalue weighted by Gasteiger charge is -2.32. The molecule has 0 nitrogen and oxygen atoms in total. The molecule has 212 valence electrons. The highest BCUT2D eigenvalue weighted by atomic mass is 32.2. The molecule has 0 radical (unpaired) electrons. The SMILES string of the molecule is c1ccc2c(c1)-c1cccc(-c3ccc4c(c3)-c3cccc5cccc(c35)S4)c1C21c2ccccc2-c2c1ccc1ccccc21. The number of hydrogen-bond donors (Lipinski definition) is 0. The predicted octanol–water partition coefficient (Wildman–Crippen LogP) is 12.1. The second kappa shape index (κ2) is 8.88. The Balaban J connectivity index is 1.25. The molecule has 0 bridgehead atoms. The number of hydrogen-bond acceptors (Lipinski definition) is 1. The first kappa shape index (κ1) is 24.9. The molecule has 8 aromatic carbocycles. The molecule has 0 saturated carbocycles. The second-order valence-corrected chi connectivity index (χ2v) is 13.8. The van der Waals surface area contributed by atoms with Crippen molar-refractivity contribution in [2.24, 2.45) is 0 Å². The van der Waals surface area contributed by atoms with Crippen molar-refractivity contribution in [3.63, 3.8) is 0 Å². The van der Waals surface area contributed by atoms with E-state index < -0.39 is 5.41 Å². The summed E-state index contributed by atoms with van der Waals surface area (Å²) in [6.07, 6.45) is 0. The van der Waals surface area contributed by atoms with Crippen molar-refractivity contribution in [2.45, 2.75) is 15.2 Å². The third-order valence-corrected chi connectivity index (χ3v) is 11.8. The molecule has 0 saturated heterocycles. The minimum absolute atomic E-state index is 0.407. The van der Waals surface area contributed by atoms with Gasteiger partial charge >= 0.3 is 0 Å². The Morgan fingerprint density at radius 3 is 1.98 bits per heavy atom. The van der Waals surface area contributed by atoms with Crippen LogP contribution < -0.4 is 0 Å². The molecule has 1 spiro atoms. The molecule has 0 aromatic heterocycles. The van der Waals surface area contributed by atoms with Crippen molar-refractivity contribution in [1.29, 1.82) is 0 Å². The van der Waals surface area contributed by atoms with Crippen molar-refractivity contribution in [3.8, 4) is 44.5 Å². The summed E-state index contributed by atoms with van der Waals surface area (Å²) in [5, 5.41) is 5.28. The van der Waals surface area contributed by atoms with Gasteiger partial charge in [-0.2, -0.15) is 0 Å². The van der Waals surface area contributed by atoms with Crippen molar-refractivity contribution < 1.29 is 0 Å². The number of benzene rings is 8. The zero-order valence-corrected chi connectivity index (χ0v) is 25.7. The fraction of sp³-hybridized carbons (Fsp3) is 0.0222. The zero-order chi connectivity index (χ0) is 30.0. The van der Waals surface area contributed by atoms with Gasteiger partial charge in [0.2, 0.25) is 0 Å². The Kier molecular flexibility index (Phi) is 4.80. The standard InChI is InChI=1S/C45H26S/c1-2-13-30-27(10-1)22-24-39-43(30)35-15-4-6-20-38(35)45(39)37-19-5-3-14-32(37)34-18-9-16-31(44(34)45)29-23-25-40-36(26-29)33-17-7-11-28-12-8-21-41(46-40)42(28)33/h1-26H. The van der Waals surface area contributed by atoms with Crippen LogP contribution in [0.1, 0.15) is 22.3 Å². The number of rotatable bonds is 1. The van der Waals surface area contributed by atoms with Gasteiger partial charge in [0.25, 0.3) is 0 Å². The third-order valence-electron chi connectivity index (χ3n) is 10.7. The summed E-state index contributed by atoms with van der Waals surface area (Å²) >= 11 is 1.90. The van der Waals surface area contributed by atoms with Gasteiger partial charge in [-0.25, -0.2) is 0 Å². The summed E-state index contributed by atoms with van der Waals surface area (Å²) in [6.45, 7) is 0. The highest BCUT2D eigenvalue weighted by Crippen LogP contribution is 2.65. The maximum Gasteiger partial charge on any atom is 0.0731 e. The van der Waals surface area contributed by atoms with E-state index in [4.69, 9.17) is 0 Å². The van der Waals surface area contributed by atoms with Gasteiger partial charge in [-0.3, -0.25) is 0 Å². The molecule has 1 heteroatoms. The van der Waals surface area contributed by atoms with Crippen LogP contribution in [0, 0.1) is 0 Å². The molecule has 11 rings (SSSR count). The van der Waals surface area contributed by atoms with Crippen molar-refractivity contribution >= 4 is 33.3 Å². The van der Waals surface area contributed by atoms with Crippen molar-refractivity contribution in [3.05, 3.63) is 180 Å². The van der Waals surface area contributed by atoms with Gasteiger partial charge in [-0.1, -0.05) is 151 Å². The van der Waals surface area contributed by atoms with Crippen molar-refractivity contribution in [2.75, 3.05) is 0 Å². The maximum absolute atomic E-state index is 2.46. The summed E-state index contributed by atoms with van der Waals surface area (Å²) in [5.74, 6) is 0. The molecule has 0 amide bonds. The third kappa shape index (κ3) is 2.97. The van der Waals surface area contributed by atoms with E-state index in [1.807, 2.05) is 11.8 Å². The van der Waals surface area contributed by atoms with E-state index in [1.165, 1.54) is 98.1 Å². The first-order valence-corrected chi connectivity index (χ1v) is 16.8. The summed E-state index contributed by atoms with van der Waals surface area (Å²) < 4.78 is 0. The molecule has 1 unspecified atom stereocenters. The van der Waals surface area contributed by atoms with E-state index in [1.54, 1.807) is 0 Å². The lowest BCUT2D eigenvalue weighted by molar-refractivity contribution is 0.796. The first-order valence-electron chi connectivity index (χ1n) is 16.0. The van der Waals surface area contributed by atoms with Crippen LogP contribution in [0.2, 0.25) is 0 Å². The van der Waals surface area contributed by atoms with E-state index in [9.17, 15) is 0 Å². The Morgan fingerprint density at radius 2 is 1.07 bits per heavy atom. The van der Waals surface area contributed by atoms with Crippen molar-refractivity contribution in [1.82, 2.24) is 0 Å². The minimum Gasteiger partial charge on any atom is -0.0888 e. The molecule has 1 aliphatic heterocycles. The predicted molar refractivity (Wildman–Crippen MR) is 193 cm³/mol. The Labute approximate surface area is 272 Å². The normalized spacial score (nSPS) is 16.3. The van der Waals surface area contributed by atoms with Gasteiger partial charge in [0.05, 0.1) is 5.41 Å². The zero-order valence-electron chi connectivity index (χ0n) is 24.9. The number of fused-ring (bicyclic) bond motifs is 14. The average Bonchev–Trinajstić information content (AvgIpc) is 3.59. The molecular formula is C45H26S. The van der Waals surface area contributed by atoms with Gasteiger partial charge in [-0.15, -0.1) is 0 Å². The highest BCUT2D eigenvalue weighted by Gasteiger charge is 2.53.